The van der Waals surface area contributed by atoms with Gasteiger partial charge in [0.2, 0.25) is 5.91 Å². The lowest BCUT2D eigenvalue weighted by atomic mass is 10.1. The highest BCUT2D eigenvalue weighted by molar-refractivity contribution is 5.85. The molecule has 1 aromatic carbocycles. The second-order valence-corrected chi connectivity index (χ2v) is 9.69. The van der Waals surface area contributed by atoms with Gasteiger partial charge in [-0.25, -0.2) is 0 Å². The first-order chi connectivity index (χ1) is 16.2. The van der Waals surface area contributed by atoms with Crippen molar-refractivity contribution in [2.75, 3.05) is 44.7 Å². The molecule has 0 radical (unpaired) electrons. The number of carbonyl (C=O) groups is 1. The van der Waals surface area contributed by atoms with Crippen LogP contribution < -0.4 is 16.0 Å². The Balaban J connectivity index is 1.63. The van der Waals surface area contributed by atoms with Crippen LogP contribution in [-0.4, -0.2) is 70.8 Å². The van der Waals surface area contributed by atoms with Gasteiger partial charge in [0.1, 0.15) is 6.04 Å². The molecule has 0 bridgehead atoms. The molecule has 1 saturated heterocycles. The summed E-state index contributed by atoms with van der Waals surface area (Å²) in [5, 5.41) is 12.1. The number of benzene rings is 1. The number of ether oxygens (including phenoxy) is 1. The zero-order valence-electron chi connectivity index (χ0n) is 20.5. The van der Waals surface area contributed by atoms with E-state index in [0.29, 0.717) is 12.4 Å². The van der Waals surface area contributed by atoms with Crippen molar-refractivity contribution in [2.24, 2.45) is 5.73 Å². The zero-order chi connectivity index (χ0) is 24.3. The number of carbonyl (C=O) groups excluding carboxylic acids is 1. The number of hydrogen-bond donors (Lipinski definition) is 2. The molecule has 9 heteroatoms. The lowest BCUT2D eigenvalue weighted by Crippen LogP contribution is -2.51. The number of amides is 1. The number of likely N-dealkylation sites (N-methyl/N-ethyl adjacent to an activating group) is 1. The van der Waals surface area contributed by atoms with Gasteiger partial charge in [-0.15, -0.1) is 10.2 Å². The van der Waals surface area contributed by atoms with Crippen molar-refractivity contribution < 1.29 is 9.53 Å². The fourth-order valence-corrected chi connectivity index (χ4v) is 4.04. The number of nitrogens with two attached hydrogens (primary N) is 1. The van der Waals surface area contributed by atoms with E-state index in [1.54, 1.807) is 13.8 Å². The maximum atomic E-state index is 12.8. The van der Waals surface area contributed by atoms with Gasteiger partial charge in [0.15, 0.2) is 11.5 Å². The molecule has 0 spiro atoms. The Bertz CT molecular complexity index is 1120. The Morgan fingerprint density at radius 3 is 2.56 bits per heavy atom. The van der Waals surface area contributed by atoms with Crippen molar-refractivity contribution in [2.45, 2.75) is 39.0 Å². The molecule has 0 saturated carbocycles. The Labute approximate surface area is 200 Å². The topological polar surface area (TPSA) is 101 Å². The molecule has 182 valence electrons. The quantitative estimate of drug-likeness (QED) is 0.524. The number of nitrogens with zero attached hydrogens (tertiary/aromatic N) is 5. The Hall–Kier alpha value is -3.01. The third kappa shape index (κ3) is 5.55. The van der Waals surface area contributed by atoms with Crippen LogP contribution in [0.5, 0.6) is 0 Å². The molecule has 4 rings (SSSR count). The largest absolute Gasteiger partial charge is 0.374 e. The molecule has 1 aliphatic rings. The first kappa shape index (κ1) is 24.1. The zero-order valence-corrected chi connectivity index (χ0v) is 20.5. The van der Waals surface area contributed by atoms with Crippen LogP contribution in [0.4, 0.5) is 5.69 Å². The summed E-state index contributed by atoms with van der Waals surface area (Å²) in [6.07, 6.45) is 2.01. The maximum Gasteiger partial charge on any atom is 0.240 e. The van der Waals surface area contributed by atoms with Gasteiger partial charge in [-0.1, -0.05) is 30.3 Å². The predicted molar refractivity (Wildman–Crippen MR) is 133 cm³/mol. The summed E-state index contributed by atoms with van der Waals surface area (Å²) in [7, 11) is 2.14. The first-order valence-corrected chi connectivity index (χ1v) is 11.7. The summed E-state index contributed by atoms with van der Waals surface area (Å²) < 4.78 is 7.98. The minimum absolute atomic E-state index is 0.245. The Morgan fingerprint density at radius 2 is 1.88 bits per heavy atom. The number of piperazine rings is 1. The summed E-state index contributed by atoms with van der Waals surface area (Å²) in [6.45, 7) is 9.96. The van der Waals surface area contributed by atoms with Crippen molar-refractivity contribution in [3.05, 3.63) is 59.5 Å². The summed E-state index contributed by atoms with van der Waals surface area (Å²) >= 11 is 0. The average molecular weight is 466 g/mol. The van der Waals surface area contributed by atoms with E-state index in [0.717, 1.165) is 48.6 Å². The van der Waals surface area contributed by atoms with E-state index in [4.69, 9.17) is 10.5 Å². The van der Waals surface area contributed by atoms with Crippen LogP contribution in [0.3, 0.4) is 0 Å². The number of aryl methyl sites for hydroxylation is 1. The van der Waals surface area contributed by atoms with E-state index < -0.39 is 11.6 Å². The van der Waals surface area contributed by atoms with E-state index in [1.165, 1.54) is 0 Å². The van der Waals surface area contributed by atoms with Gasteiger partial charge in [-0.2, -0.15) is 0 Å². The highest BCUT2D eigenvalue weighted by Crippen LogP contribution is 2.26. The molecule has 1 aliphatic heterocycles. The van der Waals surface area contributed by atoms with Gasteiger partial charge in [0, 0.05) is 32.4 Å². The number of pyridine rings is 1. The van der Waals surface area contributed by atoms with Crippen molar-refractivity contribution in [3.8, 4) is 0 Å². The van der Waals surface area contributed by atoms with E-state index in [9.17, 15) is 4.79 Å². The molecule has 34 heavy (non-hydrogen) atoms. The molecule has 9 nitrogen and oxygen atoms in total. The third-order valence-electron chi connectivity index (χ3n) is 6.09. The monoisotopic (exact) mass is 465 g/mol. The second-order valence-electron chi connectivity index (χ2n) is 9.69. The molecule has 3 aromatic rings. The van der Waals surface area contributed by atoms with Crippen LogP contribution >= 0.6 is 0 Å². The van der Waals surface area contributed by atoms with Gasteiger partial charge >= 0.3 is 0 Å². The number of hydrogen-bond acceptors (Lipinski definition) is 7. The first-order valence-electron chi connectivity index (χ1n) is 11.7. The third-order valence-corrected chi connectivity index (χ3v) is 6.09. The molecule has 1 fully saturated rings. The summed E-state index contributed by atoms with van der Waals surface area (Å²) in [5.74, 6) is 0.351. The van der Waals surface area contributed by atoms with Crippen molar-refractivity contribution in [1.82, 2.24) is 24.8 Å². The minimum Gasteiger partial charge on any atom is -0.374 e. The normalized spacial score (nSPS) is 16.1. The molecule has 1 unspecified atom stereocenters. The van der Waals surface area contributed by atoms with Crippen LogP contribution in [0.1, 0.15) is 36.8 Å². The fourth-order valence-electron chi connectivity index (χ4n) is 4.04. The summed E-state index contributed by atoms with van der Waals surface area (Å²) in [5.41, 5.74) is 9.02. The molecule has 3 heterocycles. The highest BCUT2D eigenvalue weighted by Gasteiger charge is 2.29. The molecule has 1 atom stereocenters. The smallest absolute Gasteiger partial charge is 0.240 e. The van der Waals surface area contributed by atoms with Crippen molar-refractivity contribution in [3.63, 3.8) is 0 Å². The Morgan fingerprint density at radius 1 is 1.18 bits per heavy atom. The van der Waals surface area contributed by atoms with Crippen molar-refractivity contribution in [1.29, 1.82) is 0 Å². The van der Waals surface area contributed by atoms with Gasteiger partial charge < -0.3 is 25.6 Å². The van der Waals surface area contributed by atoms with Gasteiger partial charge in [-0.05, 0) is 45.0 Å². The molecular weight excluding hydrogens is 430 g/mol. The van der Waals surface area contributed by atoms with Gasteiger partial charge in [-0.3, -0.25) is 9.20 Å². The van der Waals surface area contributed by atoms with Crippen LogP contribution in [0, 0.1) is 6.92 Å². The van der Waals surface area contributed by atoms with Crippen LogP contribution in [0.15, 0.2) is 42.6 Å². The molecule has 3 N–H and O–H groups in total. The van der Waals surface area contributed by atoms with E-state index in [2.05, 4.69) is 45.4 Å². The number of fused-ring (bicyclic) bond motifs is 1. The predicted octanol–water partition coefficient (Wildman–Crippen LogP) is 1.90. The summed E-state index contributed by atoms with van der Waals surface area (Å²) in [4.78, 5) is 17.5. The standard InChI is InChI=1S/C25H35N7O2/c1-18-14-21(31-12-10-30(4)11-13-31)23-29-28-22(32(23)15-18)20(27-24(33)25(2,3)26)17-34-16-19-8-6-5-7-9-19/h5-9,14-15,20H,10-13,16-17,26H2,1-4H3,(H,27,33). The average Bonchev–Trinajstić information content (AvgIpc) is 3.22. The molecule has 0 aliphatic carbocycles. The van der Waals surface area contributed by atoms with Crippen LogP contribution in [0.25, 0.3) is 5.65 Å². The van der Waals surface area contributed by atoms with E-state index >= 15 is 0 Å². The van der Waals surface area contributed by atoms with E-state index in [1.807, 2.05) is 40.9 Å². The molecule has 1 amide bonds. The second kappa shape index (κ2) is 10.1. The SMILES string of the molecule is Cc1cc(N2CCN(C)CC2)c2nnc(C(COCc3ccccc3)NC(=O)C(C)(C)N)n2c1. The van der Waals surface area contributed by atoms with Crippen LogP contribution in [-0.2, 0) is 16.1 Å². The maximum absolute atomic E-state index is 12.8. The Kier molecular flexibility index (Phi) is 7.16. The number of aromatic nitrogens is 3. The van der Waals surface area contributed by atoms with E-state index in [-0.39, 0.29) is 12.5 Å². The summed E-state index contributed by atoms with van der Waals surface area (Å²) in [6, 6.07) is 11.6. The lowest BCUT2D eigenvalue weighted by molar-refractivity contribution is -0.126. The van der Waals surface area contributed by atoms with Crippen molar-refractivity contribution >= 4 is 17.2 Å². The fraction of sp³-hybridized carbons (Fsp3) is 0.480. The number of anilines is 1. The van der Waals surface area contributed by atoms with Gasteiger partial charge in [0.25, 0.3) is 0 Å². The molecule has 2 aromatic heterocycles. The number of rotatable bonds is 8. The highest BCUT2D eigenvalue weighted by atomic mass is 16.5. The lowest BCUT2D eigenvalue weighted by Gasteiger charge is -2.34. The number of nitrogens with one attached hydrogen (secondary N) is 1. The van der Waals surface area contributed by atoms with Crippen LogP contribution in [0.2, 0.25) is 0 Å². The van der Waals surface area contributed by atoms with Gasteiger partial charge in [0.05, 0.1) is 24.4 Å². The minimum atomic E-state index is -1.03. The molecular formula is C25H35N7O2.